The van der Waals surface area contributed by atoms with Crippen LogP contribution in [0, 0.1) is 10.1 Å². The van der Waals surface area contributed by atoms with Gasteiger partial charge in [-0.15, -0.1) is 0 Å². The average molecular weight is 312 g/mol. The van der Waals surface area contributed by atoms with E-state index in [-0.39, 0.29) is 17.3 Å². The van der Waals surface area contributed by atoms with Crippen LogP contribution in [-0.2, 0) is 9.53 Å². The maximum Gasteiger partial charge on any atom is 0.433 e. The van der Waals surface area contributed by atoms with Gasteiger partial charge in [-0.1, -0.05) is 0 Å². The van der Waals surface area contributed by atoms with Crippen molar-refractivity contribution in [3.63, 3.8) is 0 Å². The lowest BCUT2D eigenvalue weighted by Crippen LogP contribution is -2.35. The number of rotatable bonds is 3. The summed E-state index contributed by atoms with van der Waals surface area (Å²) in [5.74, 6) is -1.33. The second-order valence-electron chi connectivity index (χ2n) is 3.65. The Labute approximate surface area is 121 Å². The number of ether oxygens (including phenoxy) is 1. The summed E-state index contributed by atoms with van der Waals surface area (Å²) in [6.07, 6.45) is 0.0887. The second kappa shape index (κ2) is 5.79. The molecule has 3 amide bonds. The van der Waals surface area contributed by atoms with Crippen molar-refractivity contribution in [1.82, 2.24) is 4.90 Å². The summed E-state index contributed by atoms with van der Waals surface area (Å²) in [6.45, 7) is 1.55. The van der Waals surface area contributed by atoms with Gasteiger partial charge in [0.25, 0.3) is 5.91 Å². The molecule has 10 heteroatoms. The predicted molar refractivity (Wildman–Crippen MR) is 70.2 cm³/mol. The Kier molecular flexibility index (Phi) is 4.08. The van der Waals surface area contributed by atoms with Crippen molar-refractivity contribution in [1.29, 1.82) is 0 Å². The molecule has 0 N–H and O–H groups in total. The molecule has 1 aromatic heterocycles. The highest BCUT2D eigenvalue weighted by Gasteiger charge is 2.41. The first kappa shape index (κ1) is 14.8. The lowest BCUT2D eigenvalue weighted by Gasteiger charge is -2.08. The van der Waals surface area contributed by atoms with Gasteiger partial charge < -0.3 is 9.15 Å². The molecule has 0 bridgehead atoms. The van der Waals surface area contributed by atoms with Crippen molar-refractivity contribution in [2.75, 3.05) is 6.61 Å². The van der Waals surface area contributed by atoms with Crippen LogP contribution in [-0.4, -0.2) is 33.7 Å². The quantitative estimate of drug-likeness (QED) is 0.474. The Hall–Kier alpha value is -2.62. The van der Waals surface area contributed by atoms with Crippen LogP contribution in [0.3, 0.4) is 0 Å². The zero-order valence-electron chi connectivity index (χ0n) is 10.6. The Bertz CT molecular complexity index is 663. The van der Waals surface area contributed by atoms with Gasteiger partial charge in [-0.05, 0) is 24.8 Å². The van der Waals surface area contributed by atoms with E-state index < -0.39 is 28.0 Å². The summed E-state index contributed by atoms with van der Waals surface area (Å²) < 4.78 is 9.44. The molecule has 1 aromatic rings. The third-order valence-corrected chi connectivity index (χ3v) is 3.18. The topological polar surface area (TPSA) is 120 Å². The van der Waals surface area contributed by atoms with Crippen LogP contribution in [0.2, 0.25) is 0 Å². The van der Waals surface area contributed by atoms with Crippen LogP contribution in [0.25, 0.3) is 6.08 Å². The summed E-state index contributed by atoms with van der Waals surface area (Å²) in [7, 11) is 0. The van der Waals surface area contributed by atoms with Gasteiger partial charge in [0, 0.05) is 6.08 Å². The van der Waals surface area contributed by atoms with Gasteiger partial charge in [-0.25, -0.2) is 4.79 Å². The second-order valence-corrected chi connectivity index (χ2v) is 4.64. The largest absolute Gasteiger partial charge is 0.449 e. The molecule has 1 aliphatic rings. The molecule has 0 unspecified atom stereocenters. The van der Waals surface area contributed by atoms with Gasteiger partial charge in [0.2, 0.25) is 0 Å². The van der Waals surface area contributed by atoms with E-state index >= 15 is 0 Å². The summed E-state index contributed by atoms with van der Waals surface area (Å²) >= 11 is 0.516. The summed E-state index contributed by atoms with van der Waals surface area (Å²) in [6, 6.07) is 2.39. The van der Waals surface area contributed by atoms with Crippen molar-refractivity contribution in [3.05, 3.63) is 32.9 Å². The molecule has 0 radical (unpaired) electrons. The van der Waals surface area contributed by atoms with Crippen LogP contribution >= 0.6 is 11.8 Å². The first-order valence-corrected chi connectivity index (χ1v) is 6.44. The van der Waals surface area contributed by atoms with Crippen molar-refractivity contribution in [2.24, 2.45) is 0 Å². The number of furan rings is 1. The van der Waals surface area contributed by atoms with Crippen LogP contribution < -0.4 is 0 Å². The number of carbonyl (C=O) groups excluding carboxylic acids is 3. The zero-order valence-corrected chi connectivity index (χ0v) is 11.4. The minimum atomic E-state index is -1.06. The van der Waals surface area contributed by atoms with Crippen LogP contribution in [0.15, 0.2) is 21.5 Å². The molecule has 0 aliphatic carbocycles. The first-order chi connectivity index (χ1) is 9.93. The number of amides is 3. The Balaban J connectivity index is 2.23. The number of carbonyl (C=O) groups is 3. The fourth-order valence-corrected chi connectivity index (χ4v) is 2.25. The van der Waals surface area contributed by atoms with Gasteiger partial charge in [-0.2, -0.15) is 4.90 Å². The fraction of sp³-hybridized carbons (Fsp3) is 0.182. The van der Waals surface area contributed by atoms with E-state index in [0.29, 0.717) is 16.7 Å². The highest BCUT2D eigenvalue weighted by atomic mass is 32.2. The van der Waals surface area contributed by atoms with Crippen LogP contribution in [0.5, 0.6) is 0 Å². The number of imide groups is 3. The summed E-state index contributed by atoms with van der Waals surface area (Å²) in [5, 5.41) is 9.68. The van der Waals surface area contributed by atoms with Gasteiger partial charge in [0.05, 0.1) is 17.6 Å². The molecule has 1 fully saturated rings. The van der Waals surface area contributed by atoms with Crippen molar-refractivity contribution < 1.29 is 28.5 Å². The van der Waals surface area contributed by atoms with E-state index in [2.05, 4.69) is 4.74 Å². The van der Waals surface area contributed by atoms with E-state index in [1.54, 1.807) is 0 Å². The Morgan fingerprint density at radius 3 is 2.81 bits per heavy atom. The van der Waals surface area contributed by atoms with Gasteiger partial charge in [0.1, 0.15) is 10.7 Å². The highest BCUT2D eigenvalue weighted by Crippen LogP contribution is 2.33. The molecule has 1 saturated heterocycles. The third kappa shape index (κ3) is 2.94. The lowest BCUT2D eigenvalue weighted by atomic mass is 10.3. The van der Waals surface area contributed by atoms with Gasteiger partial charge >= 0.3 is 17.2 Å². The molecule has 2 rings (SSSR count). The van der Waals surface area contributed by atoms with Crippen LogP contribution in [0.4, 0.5) is 15.5 Å². The minimum Gasteiger partial charge on any atom is -0.449 e. The SMILES string of the molecule is CCOC(=O)N1C(=O)S/C(=C/c2ccc([N+](=O)[O-])o2)C1=O. The van der Waals surface area contributed by atoms with E-state index in [1.165, 1.54) is 13.0 Å². The van der Waals surface area contributed by atoms with E-state index in [0.717, 1.165) is 12.1 Å². The highest BCUT2D eigenvalue weighted by molar-refractivity contribution is 8.18. The maximum absolute atomic E-state index is 11.9. The molecule has 0 spiro atoms. The molecule has 1 aliphatic heterocycles. The fourth-order valence-electron chi connectivity index (χ4n) is 1.46. The van der Waals surface area contributed by atoms with Crippen molar-refractivity contribution in [3.8, 4) is 0 Å². The smallest absolute Gasteiger partial charge is 0.433 e. The number of hydrogen-bond donors (Lipinski definition) is 0. The molecule has 0 atom stereocenters. The normalized spacial score (nSPS) is 16.6. The molecule has 0 saturated carbocycles. The molecule has 0 aromatic carbocycles. The summed E-state index contributed by atoms with van der Waals surface area (Å²) in [5.41, 5.74) is 0. The number of nitro groups is 1. The van der Waals surface area contributed by atoms with Gasteiger partial charge in [-0.3, -0.25) is 19.7 Å². The number of hydrogen-bond acceptors (Lipinski definition) is 8. The Morgan fingerprint density at radius 1 is 1.52 bits per heavy atom. The average Bonchev–Trinajstić information content (AvgIpc) is 2.96. The molecule has 21 heavy (non-hydrogen) atoms. The maximum atomic E-state index is 11.9. The Morgan fingerprint density at radius 2 is 2.24 bits per heavy atom. The van der Waals surface area contributed by atoms with Crippen molar-refractivity contribution >= 4 is 41.0 Å². The predicted octanol–water partition coefficient (Wildman–Crippen LogP) is 2.38. The monoisotopic (exact) mass is 312 g/mol. The first-order valence-electron chi connectivity index (χ1n) is 5.63. The minimum absolute atomic E-state index is 0.0178. The molecular formula is C11H8N2O7S. The third-order valence-electron chi connectivity index (χ3n) is 2.31. The summed E-state index contributed by atoms with van der Waals surface area (Å²) in [4.78, 5) is 45.0. The van der Waals surface area contributed by atoms with E-state index in [1.807, 2.05) is 0 Å². The zero-order chi connectivity index (χ0) is 15.6. The standard InChI is InChI=1S/C11H8N2O7S/c1-2-19-10(15)12-9(14)7(21-11(12)16)5-6-3-4-8(20-6)13(17)18/h3-5H,2H2,1H3/b7-5+. The lowest BCUT2D eigenvalue weighted by molar-refractivity contribution is -0.402. The van der Waals surface area contributed by atoms with E-state index in [4.69, 9.17) is 4.42 Å². The molecular weight excluding hydrogens is 304 g/mol. The van der Waals surface area contributed by atoms with E-state index in [9.17, 15) is 24.5 Å². The number of thioether (sulfide) groups is 1. The van der Waals surface area contributed by atoms with Gasteiger partial charge in [0.15, 0.2) is 0 Å². The number of nitrogens with zero attached hydrogens (tertiary/aromatic N) is 2. The molecule has 2 heterocycles. The van der Waals surface area contributed by atoms with Crippen molar-refractivity contribution in [2.45, 2.75) is 6.92 Å². The van der Waals surface area contributed by atoms with Crippen LogP contribution in [0.1, 0.15) is 12.7 Å². The molecule has 9 nitrogen and oxygen atoms in total. The molecule has 110 valence electrons.